The molecule has 1 fully saturated rings. The summed E-state index contributed by atoms with van der Waals surface area (Å²) in [7, 11) is 0. The lowest BCUT2D eigenvalue weighted by Crippen LogP contribution is -2.35. The molecule has 3 rings (SSSR count). The number of hydrogen-bond acceptors (Lipinski definition) is 3. The minimum atomic E-state index is 0.267. The number of aromatic amines is 1. The second-order valence-corrected chi connectivity index (χ2v) is 4.39. The Labute approximate surface area is 87.6 Å². The largest absolute Gasteiger partial charge is 0.382 e. The Kier molecular flexibility index (Phi) is 1.74. The minimum absolute atomic E-state index is 0.267. The second-order valence-electron chi connectivity index (χ2n) is 4.39. The fourth-order valence-corrected chi connectivity index (χ4v) is 2.23. The van der Waals surface area contributed by atoms with E-state index in [0.29, 0.717) is 18.9 Å². The van der Waals surface area contributed by atoms with Crippen molar-refractivity contribution >= 4 is 11.7 Å². The summed E-state index contributed by atoms with van der Waals surface area (Å²) in [6.07, 6.45) is 3.30. The predicted molar refractivity (Wildman–Crippen MR) is 54.6 cm³/mol. The first-order chi connectivity index (χ1) is 7.25. The molecule has 5 nitrogen and oxygen atoms in total. The smallest absolute Gasteiger partial charge is 0.226 e. The SMILES string of the molecule is Nc1n[nH]c2c1CN(C(=O)C1CCC1)C2. The molecule has 0 unspecified atom stereocenters. The van der Waals surface area contributed by atoms with Crippen LogP contribution in [-0.2, 0) is 17.9 Å². The van der Waals surface area contributed by atoms with Crippen molar-refractivity contribution in [3.63, 3.8) is 0 Å². The molecule has 0 aromatic carbocycles. The number of nitrogens with two attached hydrogens (primary N) is 1. The fourth-order valence-electron chi connectivity index (χ4n) is 2.23. The summed E-state index contributed by atoms with van der Waals surface area (Å²) in [5.74, 6) is 1.09. The van der Waals surface area contributed by atoms with Gasteiger partial charge in [-0.25, -0.2) is 0 Å². The lowest BCUT2D eigenvalue weighted by atomic mass is 9.84. The Bertz CT molecular complexity index is 408. The number of carbonyl (C=O) groups is 1. The maximum Gasteiger partial charge on any atom is 0.226 e. The monoisotopic (exact) mass is 206 g/mol. The van der Waals surface area contributed by atoms with E-state index in [1.807, 2.05) is 4.90 Å². The van der Waals surface area contributed by atoms with Crippen LogP contribution in [0.1, 0.15) is 30.5 Å². The number of hydrogen-bond donors (Lipinski definition) is 2. The number of anilines is 1. The number of carbonyl (C=O) groups excluding carboxylic acids is 1. The van der Waals surface area contributed by atoms with Crippen LogP contribution in [0.15, 0.2) is 0 Å². The van der Waals surface area contributed by atoms with Gasteiger partial charge in [-0.15, -0.1) is 0 Å². The molecule has 5 heteroatoms. The zero-order chi connectivity index (χ0) is 10.4. The molecule has 1 aliphatic carbocycles. The van der Waals surface area contributed by atoms with E-state index in [2.05, 4.69) is 10.2 Å². The molecule has 0 atom stereocenters. The van der Waals surface area contributed by atoms with Crippen molar-refractivity contribution in [3.8, 4) is 0 Å². The number of H-pyrrole nitrogens is 1. The van der Waals surface area contributed by atoms with Gasteiger partial charge in [-0.3, -0.25) is 9.89 Å². The number of amides is 1. The van der Waals surface area contributed by atoms with Gasteiger partial charge in [0.25, 0.3) is 0 Å². The van der Waals surface area contributed by atoms with Crippen molar-refractivity contribution < 1.29 is 4.79 Å². The lowest BCUT2D eigenvalue weighted by Gasteiger charge is -2.28. The van der Waals surface area contributed by atoms with E-state index in [1.165, 1.54) is 6.42 Å². The molecule has 0 bridgehead atoms. The summed E-state index contributed by atoms with van der Waals surface area (Å²) in [4.78, 5) is 13.8. The summed E-state index contributed by atoms with van der Waals surface area (Å²) in [5, 5.41) is 6.80. The highest BCUT2D eigenvalue weighted by molar-refractivity contribution is 5.80. The van der Waals surface area contributed by atoms with Gasteiger partial charge in [-0.05, 0) is 12.8 Å². The minimum Gasteiger partial charge on any atom is -0.382 e. The van der Waals surface area contributed by atoms with Gasteiger partial charge in [-0.1, -0.05) is 6.42 Å². The van der Waals surface area contributed by atoms with E-state index >= 15 is 0 Å². The van der Waals surface area contributed by atoms with Gasteiger partial charge in [-0.2, -0.15) is 5.10 Å². The van der Waals surface area contributed by atoms with Crippen molar-refractivity contribution in [1.29, 1.82) is 0 Å². The summed E-state index contributed by atoms with van der Waals surface area (Å²) in [5.41, 5.74) is 7.70. The normalized spacial score (nSPS) is 20.1. The quantitative estimate of drug-likeness (QED) is 0.707. The molecular weight excluding hydrogens is 192 g/mol. The second kappa shape index (κ2) is 2.98. The van der Waals surface area contributed by atoms with Gasteiger partial charge in [0.2, 0.25) is 5.91 Å². The molecule has 1 aromatic rings. The highest BCUT2D eigenvalue weighted by atomic mass is 16.2. The molecule has 1 saturated carbocycles. The van der Waals surface area contributed by atoms with Crippen molar-refractivity contribution in [2.24, 2.45) is 5.92 Å². The van der Waals surface area contributed by atoms with Gasteiger partial charge in [0.15, 0.2) is 5.82 Å². The third-order valence-corrected chi connectivity index (χ3v) is 3.45. The Morgan fingerprint density at radius 1 is 1.47 bits per heavy atom. The third kappa shape index (κ3) is 1.22. The highest BCUT2D eigenvalue weighted by Crippen LogP contribution is 2.32. The molecule has 2 aliphatic rings. The Hall–Kier alpha value is -1.52. The molecule has 0 spiro atoms. The molecule has 80 valence electrons. The Morgan fingerprint density at radius 2 is 2.27 bits per heavy atom. The number of rotatable bonds is 1. The first-order valence-corrected chi connectivity index (χ1v) is 5.36. The van der Waals surface area contributed by atoms with Crippen LogP contribution in [0.2, 0.25) is 0 Å². The molecule has 0 saturated heterocycles. The maximum absolute atomic E-state index is 12.0. The Morgan fingerprint density at radius 3 is 2.87 bits per heavy atom. The number of nitrogens with zero attached hydrogens (tertiary/aromatic N) is 2. The molecular formula is C10H14N4O. The van der Waals surface area contributed by atoms with Crippen LogP contribution >= 0.6 is 0 Å². The van der Waals surface area contributed by atoms with Gasteiger partial charge in [0.1, 0.15) is 0 Å². The lowest BCUT2D eigenvalue weighted by molar-refractivity contribution is -0.138. The van der Waals surface area contributed by atoms with Gasteiger partial charge in [0.05, 0.1) is 18.8 Å². The van der Waals surface area contributed by atoms with Crippen LogP contribution in [0.25, 0.3) is 0 Å². The van der Waals surface area contributed by atoms with Crippen LogP contribution in [0.4, 0.5) is 5.82 Å². The predicted octanol–water partition coefficient (Wildman–Crippen LogP) is 0.634. The maximum atomic E-state index is 12.0. The average Bonchev–Trinajstić information content (AvgIpc) is 2.65. The molecule has 0 radical (unpaired) electrons. The van der Waals surface area contributed by atoms with Gasteiger partial charge in [0, 0.05) is 11.5 Å². The fraction of sp³-hybridized carbons (Fsp3) is 0.600. The number of nitrogens with one attached hydrogen (secondary N) is 1. The Balaban J connectivity index is 1.75. The zero-order valence-corrected chi connectivity index (χ0v) is 8.49. The van der Waals surface area contributed by atoms with Crippen molar-refractivity contribution in [2.75, 3.05) is 5.73 Å². The van der Waals surface area contributed by atoms with Crippen LogP contribution in [0.5, 0.6) is 0 Å². The summed E-state index contributed by atoms with van der Waals surface area (Å²) < 4.78 is 0. The van der Waals surface area contributed by atoms with E-state index < -0.39 is 0 Å². The average molecular weight is 206 g/mol. The van der Waals surface area contributed by atoms with E-state index in [0.717, 1.165) is 24.1 Å². The van der Waals surface area contributed by atoms with E-state index in [9.17, 15) is 4.79 Å². The van der Waals surface area contributed by atoms with E-state index in [-0.39, 0.29) is 11.8 Å². The topological polar surface area (TPSA) is 75.0 Å². The van der Waals surface area contributed by atoms with E-state index in [1.54, 1.807) is 0 Å². The highest BCUT2D eigenvalue weighted by Gasteiger charge is 2.34. The zero-order valence-electron chi connectivity index (χ0n) is 8.49. The number of aromatic nitrogens is 2. The molecule has 1 amide bonds. The van der Waals surface area contributed by atoms with Crippen LogP contribution in [0, 0.1) is 5.92 Å². The van der Waals surface area contributed by atoms with Crippen LogP contribution < -0.4 is 5.73 Å². The number of nitrogen functional groups attached to an aromatic ring is 1. The first kappa shape index (κ1) is 8.76. The molecule has 1 aromatic heterocycles. The van der Waals surface area contributed by atoms with Crippen molar-refractivity contribution in [3.05, 3.63) is 11.3 Å². The summed E-state index contributed by atoms with van der Waals surface area (Å²) >= 11 is 0. The summed E-state index contributed by atoms with van der Waals surface area (Å²) in [6, 6.07) is 0. The standard InChI is InChI=1S/C10H14N4O/c11-9-7-4-14(5-8(7)12-13-9)10(15)6-2-1-3-6/h6H,1-5H2,(H3,11,12,13). The molecule has 3 N–H and O–H groups in total. The van der Waals surface area contributed by atoms with Gasteiger partial charge >= 0.3 is 0 Å². The molecule has 15 heavy (non-hydrogen) atoms. The number of fused-ring (bicyclic) bond motifs is 1. The van der Waals surface area contributed by atoms with Crippen molar-refractivity contribution in [1.82, 2.24) is 15.1 Å². The molecule has 1 aliphatic heterocycles. The van der Waals surface area contributed by atoms with Crippen LogP contribution in [-0.4, -0.2) is 21.0 Å². The summed E-state index contributed by atoms with van der Waals surface area (Å²) in [6.45, 7) is 1.28. The van der Waals surface area contributed by atoms with Gasteiger partial charge < -0.3 is 10.6 Å². The molecule has 2 heterocycles. The first-order valence-electron chi connectivity index (χ1n) is 5.36. The van der Waals surface area contributed by atoms with Crippen LogP contribution in [0.3, 0.4) is 0 Å². The van der Waals surface area contributed by atoms with Crippen molar-refractivity contribution in [2.45, 2.75) is 32.4 Å². The van der Waals surface area contributed by atoms with E-state index in [4.69, 9.17) is 5.73 Å². The third-order valence-electron chi connectivity index (χ3n) is 3.45.